The first kappa shape index (κ1) is 15.8. The number of benzene rings is 2. The lowest BCUT2D eigenvalue weighted by Gasteiger charge is -2.37. The molecule has 0 unspecified atom stereocenters. The van der Waals surface area contributed by atoms with Gasteiger partial charge in [-0.1, -0.05) is 6.07 Å². The minimum Gasteiger partial charge on any atom is -0.497 e. The number of ether oxygens (including phenoxy) is 1. The van der Waals surface area contributed by atoms with Crippen molar-refractivity contribution in [3.63, 3.8) is 0 Å². The van der Waals surface area contributed by atoms with Gasteiger partial charge in [0.1, 0.15) is 5.75 Å². The molecule has 2 saturated heterocycles. The zero-order valence-electron chi connectivity index (χ0n) is 14.1. The van der Waals surface area contributed by atoms with Crippen LogP contribution in [-0.2, 0) is 0 Å². The Morgan fingerprint density at radius 2 is 1.76 bits per heavy atom. The largest absolute Gasteiger partial charge is 0.497 e. The molecule has 0 saturated carbocycles. The number of nitrogens with one attached hydrogen (secondary N) is 1. The Morgan fingerprint density at radius 1 is 1.08 bits per heavy atom. The maximum Gasteiger partial charge on any atom is 0.274 e. The lowest BCUT2D eigenvalue weighted by molar-refractivity contribution is 0.0706. The van der Waals surface area contributed by atoms with Crippen LogP contribution in [0.1, 0.15) is 16.8 Å². The van der Waals surface area contributed by atoms with Crippen molar-refractivity contribution in [3.05, 3.63) is 54.1 Å². The number of hydrogen-bond acceptors (Lipinski definition) is 5. The molecule has 130 valence electrons. The number of carbonyl (C=O) groups is 1. The van der Waals surface area contributed by atoms with Crippen LogP contribution in [0.5, 0.6) is 5.75 Å². The van der Waals surface area contributed by atoms with Gasteiger partial charge in [-0.05, 0) is 42.8 Å². The molecule has 0 radical (unpaired) electrons. The Hall–Kier alpha value is -2.73. The van der Waals surface area contributed by atoms with Crippen LogP contribution < -0.4 is 20.0 Å². The highest BCUT2D eigenvalue weighted by atomic mass is 16.5. The zero-order valence-corrected chi connectivity index (χ0v) is 14.1. The number of hydroxylamine groups is 1. The molecule has 6 heteroatoms. The normalized spacial score (nSPS) is 21.5. The summed E-state index contributed by atoms with van der Waals surface area (Å²) in [6, 6.07) is 16.5. The third-order valence-corrected chi connectivity index (χ3v) is 5.19. The van der Waals surface area contributed by atoms with E-state index < -0.39 is 5.91 Å². The molecule has 1 amide bonds. The fourth-order valence-corrected chi connectivity index (χ4v) is 3.96. The molecule has 2 bridgehead atoms. The predicted molar refractivity (Wildman–Crippen MR) is 95.6 cm³/mol. The van der Waals surface area contributed by atoms with Crippen molar-refractivity contribution in [2.45, 2.75) is 18.5 Å². The lowest BCUT2D eigenvalue weighted by atomic mass is 10.1. The highest BCUT2D eigenvalue weighted by molar-refractivity contribution is 5.93. The van der Waals surface area contributed by atoms with Crippen LogP contribution >= 0.6 is 0 Å². The van der Waals surface area contributed by atoms with Crippen molar-refractivity contribution >= 4 is 17.3 Å². The number of amides is 1. The van der Waals surface area contributed by atoms with Crippen molar-refractivity contribution in [1.82, 2.24) is 5.48 Å². The Kier molecular flexibility index (Phi) is 3.97. The molecule has 25 heavy (non-hydrogen) atoms. The van der Waals surface area contributed by atoms with Gasteiger partial charge in [-0.2, -0.15) is 0 Å². The van der Waals surface area contributed by atoms with Gasteiger partial charge in [-0.25, -0.2) is 5.48 Å². The topological polar surface area (TPSA) is 65.0 Å². The minimum absolute atomic E-state index is 0.452. The van der Waals surface area contributed by atoms with Gasteiger partial charge in [0, 0.05) is 48.2 Å². The lowest BCUT2D eigenvalue weighted by Crippen LogP contribution is -2.46. The van der Waals surface area contributed by atoms with E-state index in [4.69, 9.17) is 9.94 Å². The fourth-order valence-electron chi connectivity index (χ4n) is 3.96. The second-order valence-corrected chi connectivity index (χ2v) is 6.54. The standard InChI is InChI=1S/C19H21N3O3/c1-25-18-4-2-3-15(10-18)22-12-16-9-17(22)11-21(16)14-7-5-13(6-8-14)19(23)20-24/h2-8,10,16-17,24H,9,11-12H2,1H3,(H,20,23)/t16-,17-/m0/s1. The summed E-state index contributed by atoms with van der Waals surface area (Å²) in [5.74, 6) is 0.397. The summed E-state index contributed by atoms with van der Waals surface area (Å²) in [5, 5.41) is 8.71. The third kappa shape index (κ3) is 2.78. The summed E-state index contributed by atoms with van der Waals surface area (Å²) < 4.78 is 5.34. The van der Waals surface area contributed by atoms with Crippen LogP contribution in [0, 0.1) is 0 Å². The molecule has 0 spiro atoms. The summed E-state index contributed by atoms with van der Waals surface area (Å²) in [5.41, 5.74) is 4.44. The van der Waals surface area contributed by atoms with Gasteiger partial charge in [0.25, 0.3) is 5.91 Å². The molecular weight excluding hydrogens is 318 g/mol. The van der Waals surface area contributed by atoms with E-state index in [1.807, 2.05) is 24.3 Å². The molecule has 0 aromatic heterocycles. The van der Waals surface area contributed by atoms with E-state index in [2.05, 4.69) is 21.9 Å². The number of anilines is 2. The number of hydrogen-bond donors (Lipinski definition) is 2. The second-order valence-electron chi connectivity index (χ2n) is 6.54. The molecule has 2 aliphatic heterocycles. The van der Waals surface area contributed by atoms with Crippen LogP contribution in [0.25, 0.3) is 0 Å². The molecular formula is C19H21N3O3. The quantitative estimate of drug-likeness (QED) is 0.661. The molecule has 2 heterocycles. The molecule has 2 N–H and O–H groups in total. The second kappa shape index (κ2) is 6.29. The first-order valence-electron chi connectivity index (χ1n) is 8.41. The van der Waals surface area contributed by atoms with Crippen molar-refractivity contribution in [1.29, 1.82) is 0 Å². The van der Waals surface area contributed by atoms with Gasteiger partial charge in [0.15, 0.2) is 0 Å². The van der Waals surface area contributed by atoms with E-state index in [0.29, 0.717) is 17.6 Å². The van der Waals surface area contributed by atoms with Gasteiger partial charge < -0.3 is 14.5 Å². The number of carbonyl (C=O) groups excluding carboxylic acids is 1. The fraction of sp³-hybridized carbons (Fsp3) is 0.316. The van der Waals surface area contributed by atoms with E-state index in [1.54, 1.807) is 24.7 Å². The molecule has 2 atom stereocenters. The van der Waals surface area contributed by atoms with Gasteiger partial charge in [0.2, 0.25) is 0 Å². The number of methoxy groups -OCH3 is 1. The molecule has 2 aliphatic rings. The summed E-state index contributed by atoms with van der Waals surface area (Å²) in [7, 11) is 1.69. The number of piperazine rings is 1. The highest BCUT2D eigenvalue weighted by Crippen LogP contribution is 2.38. The highest BCUT2D eigenvalue weighted by Gasteiger charge is 2.43. The van der Waals surface area contributed by atoms with Crippen LogP contribution in [0.2, 0.25) is 0 Å². The Bertz CT molecular complexity index is 778. The Balaban J connectivity index is 1.48. The van der Waals surface area contributed by atoms with Crippen molar-refractivity contribution in [2.24, 2.45) is 0 Å². The van der Waals surface area contributed by atoms with Crippen molar-refractivity contribution in [2.75, 3.05) is 30.0 Å². The van der Waals surface area contributed by atoms with E-state index in [-0.39, 0.29) is 0 Å². The summed E-state index contributed by atoms with van der Waals surface area (Å²) in [4.78, 5) is 16.3. The molecule has 6 nitrogen and oxygen atoms in total. The predicted octanol–water partition coefficient (Wildman–Crippen LogP) is 2.28. The smallest absolute Gasteiger partial charge is 0.274 e. The molecule has 2 aromatic carbocycles. The summed E-state index contributed by atoms with van der Waals surface area (Å²) in [6.07, 6.45) is 1.14. The first-order valence-corrected chi connectivity index (χ1v) is 8.41. The first-order chi connectivity index (χ1) is 12.2. The molecule has 4 rings (SSSR count). The zero-order chi connectivity index (χ0) is 17.4. The Labute approximate surface area is 146 Å². The van der Waals surface area contributed by atoms with Gasteiger partial charge in [-0.3, -0.25) is 10.0 Å². The van der Waals surface area contributed by atoms with Gasteiger partial charge in [-0.15, -0.1) is 0 Å². The SMILES string of the molecule is COc1cccc(N2C[C@@H]3C[C@H]2CN3c2ccc(C(=O)NO)cc2)c1. The van der Waals surface area contributed by atoms with E-state index >= 15 is 0 Å². The monoisotopic (exact) mass is 339 g/mol. The third-order valence-electron chi connectivity index (χ3n) is 5.19. The molecule has 2 aromatic rings. The summed E-state index contributed by atoms with van der Waals surface area (Å²) >= 11 is 0. The number of fused-ring (bicyclic) bond motifs is 2. The molecule has 0 aliphatic carbocycles. The van der Waals surface area contributed by atoms with Crippen molar-refractivity contribution < 1.29 is 14.7 Å². The average molecular weight is 339 g/mol. The van der Waals surface area contributed by atoms with Gasteiger partial charge >= 0.3 is 0 Å². The van der Waals surface area contributed by atoms with Gasteiger partial charge in [0.05, 0.1) is 7.11 Å². The van der Waals surface area contributed by atoms with Crippen molar-refractivity contribution in [3.8, 4) is 5.75 Å². The number of nitrogens with zero attached hydrogens (tertiary/aromatic N) is 2. The maximum absolute atomic E-state index is 11.4. The van der Waals surface area contributed by atoms with Crippen LogP contribution in [0.4, 0.5) is 11.4 Å². The minimum atomic E-state index is -0.487. The van der Waals surface area contributed by atoms with Crippen LogP contribution in [-0.4, -0.2) is 43.4 Å². The average Bonchev–Trinajstić information content (AvgIpc) is 3.28. The maximum atomic E-state index is 11.4. The summed E-state index contributed by atoms with van der Waals surface area (Å²) in [6.45, 7) is 1.95. The van der Waals surface area contributed by atoms with E-state index in [9.17, 15) is 4.79 Å². The van der Waals surface area contributed by atoms with Crippen LogP contribution in [0.15, 0.2) is 48.5 Å². The van der Waals surface area contributed by atoms with Crippen LogP contribution in [0.3, 0.4) is 0 Å². The van der Waals surface area contributed by atoms with E-state index in [0.717, 1.165) is 30.9 Å². The van der Waals surface area contributed by atoms with E-state index in [1.165, 1.54) is 5.69 Å². The molecule has 2 fully saturated rings. The Morgan fingerprint density at radius 3 is 2.36 bits per heavy atom. The number of rotatable bonds is 4.